The number of hydrogen-bond donors (Lipinski definition) is 0. The van der Waals surface area contributed by atoms with Crippen molar-refractivity contribution in [3.63, 3.8) is 0 Å². The molecule has 1 unspecified atom stereocenters. The maximum absolute atomic E-state index is 6.45. The van der Waals surface area contributed by atoms with Gasteiger partial charge < -0.3 is 9.75 Å². The SMILES string of the molecule is CCCCOC1C=C2CCCCN2N1C12CC3CC(CC(C3)C1)C2. The molecule has 0 radical (unpaired) electrons. The largest absolute Gasteiger partial charge is 0.358 e. The first-order chi connectivity index (χ1) is 11.8. The summed E-state index contributed by atoms with van der Waals surface area (Å²) in [6, 6.07) is 0. The quantitative estimate of drug-likeness (QED) is 0.680. The minimum Gasteiger partial charge on any atom is -0.358 e. The lowest BCUT2D eigenvalue weighted by Crippen LogP contribution is -2.65. The van der Waals surface area contributed by atoms with Crippen LogP contribution < -0.4 is 0 Å². The van der Waals surface area contributed by atoms with Crippen LogP contribution in [0.1, 0.15) is 77.6 Å². The van der Waals surface area contributed by atoms with Gasteiger partial charge in [-0.3, -0.25) is 0 Å². The molecular formula is C21H34N2O. The molecule has 1 atom stereocenters. The fourth-order valence-electron chi connectivity index (χ4n) is 6.97. The Morgan fingerprint density at radius 2 is 1.79 bits per heavy atom. The number of hydrazine groups is 1. The number of fused-ring (bicyclic) bond motifs is 1. The maximum atomic E-state index is 6.45. The highest BCUT2D eigenvalue weighted by atomic mass is 16.5. The maximum Gasteiger partial charge on any atom is 0.149 e. The molecule has 4 bridgehead atoms. The number of unbranched alkanes of at least 4 members (excludes halogenated alkanes) is 1. The number of allylic oxidation sites excluding steroid dienone is 1. The zero-order chi connectivity index (χ0) is 16.1. The second-order valence-corrected chi connectivity index (χ2v) is 9.34. The summed E-state index contributed by atoms with van der Waals surface area (Å²) < 4.78 is 6.45. The van der Waals surface area contributed by atoms with Crippen LogP contribution >= 0.6 is 0 Å². The minimum atomic E-state index is 0.223. The van der Waals surface area contributed by atoms with E-state index < -0.39 is 0 Å². The molecule has 6 aliphatic rings. The van der Waals surface area contributed by atoms with Crippen molar-refractivity contribution in [2.75, 3.05) is 13.2 Å². The summed E-state index contributed by atoms with van der Waals surface area (Å²) >= 11 is 0. The molecule has 0 amide bonds. The second kappa shape index (κ2) is 6.02. The molecular weight excluding hydrogens is 296 g/mol. The molecule has 4 saturated carbocycles. The fourth-order valence-corrected chi connectivity index (χ4v) is 6.97. The van der Waals surface area contributed by atoms with Gasteiger partial charge in [0.15, 0.2) is 0 Å². The van der Waals surface area contributed by atoms with E-state index in [1.165, 1.54) is 77.2 Å². The second-order valence-electron chi connectivity index (χ2n) is 9.34. The highest BCUT2D eigenvalue weighted by Crippen LogP contribution is 2.59. The average Bonchev–Trinajstić information content (AvgIpc) is 2.93. The van der Waals surface area contributed by atoms with E-state index >= 15 is 0 Å². The predicted molar refractivity (Wildman–Crippen MR) is 96.0 cm³/mol. The van der Waals surface area contributed by atoms with Crippen molar-refractivity contribution in [2.45, 2.75) is 89.3 Å². The monoisotopic (exact) mass is 330 g/mol. The molecule has 0 spiro atoms. The van der Waals surface area contributed by atoms with Crippen molar-refractivity contribution in [1.82, 2.24) is 10.0 Å². The summed E-state index contributed by atoms with van der Waals surface area (Å²) in [5.41, 5.74) is 1.99. The van der Waals surface area contributed by atoms with Crippen molar-refractivity contribution in [3.05, 3.63) is 11.8 Å². The first kappa shape index (κ1) is 15.7. The van der Waals surface area contributed by atoms with Crippen molar-refractivity contribution in [3.8, 4) is 0 Å². The van der Waals surface area contributed by atoms with E-state index in [1.54, 1.807) is 5.70 Å². The fraction of sp³-hybridized carbons (Fsp3) is 0.905. The van der Waals surface area contributed by atoms with Gasteiger partial charge in [0.2, 0.25) is 0 Å². The molecule has 2 heterocycles. The lowest BCUT2D eigenvalue weighted by atomic mass is 9.52. The van der Waals surface area contributed by atoms with Gasteiger partial charge in [0.1, 0.15) is 6.23 Å². The van der Waals surface area contributed by atoms with Gasteiger partial charge in [-0.15, -0.1) is 0 Å². The Bertz CT molecular complexity index is 479. The molecule has 0 aromatic carbocycles. The Morgan fingerprint density at radius 1 is 1.08 bits per heavy atom. The lowest BCUT2D eigenvalue weighted by molar-refractivity contribution is -0.221. The summed E-state index contributed by atoms with van der Waals surface area (Å²) in [6.45, 7) is 4.40. The molecule has 1 saturated heterocycles. The minimum absolute atomic E-state index is 0.223. The molecule has 0 aromatic rings. The highest BCUT2D eigenvalue weighted by Gasteiger charge is 2.57. The molecule has 0 N–H and O–H groups in total. The van der Waals surface area contributed by atoms with Crippen LogP contribution in [0, 0.1) is 17.8 Å². The molecule has 5 fully saturated rings. The molecule has 3 nitrogen and oxygen atoms in total. The number of ether oxygens (including phenoxy) is 1. The Labute approximate surface area is 147 Å². The van der Waals surface area contributed by atoms with Crippen molar-refractivity contribution < 1.29 is 4.74 Å². The van der Waals surface area contributed by atoms with E-state index in [4.69, 9.17) is 4.74 Å². The lowest BCUT2D eigenvalue weighted by Gasteiger charge is -2.62. The Hall–Kier alpha value is -0.540. The van der Waals surface area contributed by atoms with Gasteiger partial charge in [0.25, 0.3) is 0 Å². The topological polar surface area (TPSA) is 15.7 Å². The Balaban J connectivity index is 1.43. The smallest absolute Gasteiger partial charge is 0.149 e. The van der Waals surface area contributed by atoms with E-state index in [0.29, 0.717) is 5.54 Å². The summed E-state index contributed by atoms with van der Waals surface area (Å²) in [5.74, 6) is 3.00. The van der Waals surface area contributed by atoms with Crippen LogP contribution in [-0.2, 0) is 4.74 Å². The molecule has 134 valence electrons. The van der Waals surface area contributed by atoms with Crippen LogP contribution in [0.25, 0.3) is 0 Å². The third-order valence-corrected chi connectivity index (χ3v) is 7.50. The summed E-state index contributed by atoms with van der Waals surface area (Å²) in [6.07, 6.45) is 18.0. The normalized spacial score (nSPS) is 44.0. The van der Waals surface area contributed by atoms with Gasteiger partial charge in [-0.1, -0.05) is 13.3 Å². The van der Waals surface area contributed by atoms with Gasteiger partial charge >= 0.3 is 0 Å². The summed E-state index contributed by atoms with van der Waals surface area (Å²) in [4.78, 5) is 0. The first-order valence-electron chi connectivity index (χ1n) is 10.7. The van der Waals surface area contributed by atoms with Gasteiger partial charge in [0.05, 0.1) is 0 Å². The van der Waals surface area contributed by atoms with E-state index in [-0.39, 0.29) is 6.23 Å². The molecule has 6 rings (SSSR count). The third-order valence-electron chi connectivity index (χ3n) is 7.50. The van der Waals surface area contributed by atoms with Crippen LogP contribution in [0.4, 0.5) is 0 Å². The number of rotatable bonds is 5. The molecule has 3 heteroatoms. The van der Waals surface area contributed by atoms with Crippen molar-refractivity contribution in [2.24, 2.45) is 17.8 Å². The van der Waals surface area contributed by atoms with Crippen LogP contribution in [0.15, 0.2) is 11.8 Å². The number of hydrogen-bond acceptors (Lipinski definition) is 3. The highest BCUT2D eigenvalue weighted by molar-refractivity contribution is 5.18. The molecule has 4 aliphatic carbocycles. The third kappa shape index (κ3) is 2.46. The Morgan fingerprint density at radius 3 is 2.46 bits per heavy atom. The Kier molecular flexibility index (Phi) is 3.94. The van der Waals surface area contributed by atoms with E-state index in [2.05, 4.69) is 23.0 Å². The van der Waals surface area contributed by atoms with Gasteiger partial charge in [-0.25, -0.2) is 0 Å². The zero-order valence-corrected chi connectivity index (χ0v) is 15.4. The van der Waals surface area contributed by atoms with Crippen LogP contribution in [0.5, 0.6) is 0 Å². The standard InChI is InChI=1S/C21H34N2O/c1-2-3-8-24-20-12-19-6-4-5-7-22(19)23(20)21-13-16-9-17(14-21)11-18(10-16)15-21/h12,16-18,20H,2-11,13-15H2,1H3. The molecule has 24 heavy (non-hydrogen) atoms. The van der Waals surface area contributed by atoms with Gasteiger partial charge in [0, 0.05) is 24.4 Å². The number of piperidine rings is 1. The van der Waals surface area contributed by atoms with Crippen LogP contribution in [-0.4, -0.2) is 34.9 Å². The average molecular weight is 331 g/mol. The van der Waals surface area contributed by atoms with Crippen molar-refractivity contribution in [1.29, 1.82) is 0 Å². The van der Waals surface area contributed by atoms with E-state index in [1.807, 2.05) is 0 Å². The van der Waals surface area contributed by atoms with Crippen LogP contribution in [0.2, 0.25) is 0 Å². The molecule has 2 aliphatic heterocycles. The number of nitrogens with zero attached hydrogens (tertiary/aromatic N) is 2. The zero-order valence-electron chi connectivity index (χ0n) is 15.4. The van der Waals surface area contributed by atoms with E-state index in [0.717, 1.165) is 24.4 Å². The van der Waals surface area contributed by atoms with Crippen LogP contribution in [0.3, 0.4) is 0 Å². The van der Waals surface area contributed by atoms with Gasteiger partial charge in [-0.05, 0) is 88.0 Å². The van der Waals surface area contributed by atoms with E-state index in [9.17, 15) is 0 Å². The predicted octanol–water partition coefficient (Wildman–Crippen LogP) is 4.70. The summed E-state index contributed by atoms with van der Waals surface area (Å²) in [5, 5.41) is 5.45. The first-order valence-corrected chi connectivity index (χ1v) is 10.7. The molecule has 0 aromatic heterocycles. The van der Waals surface area contributed by atoms with Gasteiger partial charge in [-0.2, -0.15) is 5.01 Å². The summed E-state index contributed by atoms with van der Waals surface area (Å²) in [7, 11) is 0. The van der Waals surface area contributed by atoms with Crippen molar-refractivity contribution >= 4 is 0 Å².